The Labute approximate surface area is 179 Å². The van der Waals surface area contributed by atoms with Crippen molar-refractivity contribution in [2.75, 3.05) is 26.2 Å². The fraction of sp³-hybridized carbons (Fsp3) is 0.318. The Morgan fingerprint density at radius 2 is 1.77 bits per heavy atom. The van der Waals surface area contributed by atoms with Crippen molar-refractivity contribution in [1.29, 1.82) is 0 Å². The van der Waals surface area contributed by atoms with Crippen molar-refractivity contribution < 1.29 is 13.6 Å². The number of hydrogen-bond donors (Lipinski definition) is 0. The summed E-state index contributed by atoms with van der Waals surface area (Å²) in [5, 5.41) is 7.77. The number of nitrogens with zero attached hydrogens (tertiary/aromatic N) is 4. The molecule has 1 aliphatic rings. The van der Waals surface area contributed by atoms with Gasteiger partial charge in [0.2, 0.25) is 5.91 Å². The molecule has 1 aliphatic heterocycles. The number of rotatable bonds is 6. The fourth-order valence-corrected chi connectivity index (χ4v) is 4.19. The number of benzene rings is 2. The topological polar surface area (TPSA) is 62.5 Å². The van der Waals surface area contributed by atoms with Crippen LogP contribution < -0.4 is 0 Å². The minimum atomic E-state index is -0.421. The Hall–Kier alpha value is -2.71. The van der Waals surface area contributed by atoms with Gasteiger partial charge in [-0.3, -0.25) is 9.69 Å². The number of halogens is 1. The predicted molar refractivity (Wildman–Crippen MR) is 113 cm³/mol. The van der Waals surface area contributed by atoms with E-state index in [-0.39, 0.29) is 27.8 Å². The first kappa shape index (κ1) is 20.6. The average molecular weight is 427 g/mol. The molecular weight excluding hydrogens is 403 g/mol. The SMILES string of the molecule is C[C@@H](Sc1nnc(-c2ccccc2F)o1)C(=O)N1CCN(Cc2ccccc2)CC1. The molecule has 156 valence electrons. The lowest BCUT2D eigenvalue weighted by Crippen LogP contribution is -2.50. The van der Waals surface area contributed by atoms with Crippen molar-refractivity contribution in [2.24, 2.45) is 0 Å². The van der Waals surface area contributed by atoms with E-state index >= 15 is 0 Å². The van der Waals surface area contributed by atoms with Gasteiger partial charge >= 0.3 is 0 Å². The summed E-state index contributed by atoms with van der Waals surface area (Å²) in [6, 6.07) is 16.6. The number of hydrogen-bond acceptors (Lipinski definition) is 6. The summed E-state index contributed by atoms with van der Waals surface area (Å²) < 4.78 is 19.5. The molecule has 1 aromatic heterocycles. The second-order valence-electron chi connectivity index (χ2n) is 7.20. The van der Waals surface area contributed by atoms with Crippen molar-refractivity contribution in [3.8, 4) is 11.5 Å². The maximum atomic E-state index is 13.9. The van der Waals surface area contributed by atoms with Crippen LogP contribution in [0.5, 0.6) is 0 Å². The van der Waals surface area contributed by atoms with Gasteiger partial charge < -0.3 is 9.32 Å². The lowest BCUT2D eigenvalue weighted by Gasteiger charge is -2.35. The van der Waals surface area contributed by atoms with Gasteiger partial charge in [-0.05, 0) is 24.6 Å². The number of piperazine rings is 1. The maximum Gasteiger partial charge on any atom is 0.277 e. The maximum absolute atomic E-state index is 13.9. The molecule has 2 aromatic carbocycles. The molecule has 0 saturated carbocycles. The van der Waals surface area contributed by atoms with Gasteiger partial charge in [-0.2, -0.15) is 0 Å². The van der Waals surface area contributed by atoms with E-state index in [9.17, 15) is 9.18 Å². The van der Waals surface area contributed by atoms with E-state index in [1.807, 2.05) is 30.0 Å². The molecule has 0 unspecified atom stereocenters. The molecule has 0 aliphatic carbocycles. The van der Waals surface area contributed by atoms with E-state index in [1.165, 1.54) is 23.4 Å². The molecule has 1 amide bonds. The summed E-state index contributed by atoms with van der Waals surface area (Å²) in [5.41, 5.74) is 1.54. The van der Waals surface area contributed by atoms with Crippen molar-refractivity contribution in [3.05, 3.63) is 66.0 Å². The molecule has 0 N–H and O–H groups in total. The van der Waals surface area contributed by atoms with E-state index in [4.69, 9.17) is 4.42 Å². The van der Waals surface area contributed by atoms with Crippen LogP contribution in [-0.4, -0.2) is 57.3 Å². The van der Waals surface area contributed by atoms with E-state index < -0.39 is 5.82 Å². The van der Waals surface area contributed by atoms with Gasteiger partial charge in [-0.15, -0.1) is 10.2 Å². The lowest BCUT2D eigenvalue weighted by atomic mass is 10.2. The molecule has 8 heteroatoms. The van der Waals surface area contributed by atoms with Crippen LogP contribution in [0, 0.1) is 5.82 Å². The molecular formula is C22H23FN4O2S. The third-order valence-corrected chi connectivity index (χ3v) is 5.99. The highest BCUT2D eigenvalue weighted by molar-refractivity contribution is 8.00. The zero-order chi connectivity index (χ0) is 20.9. The van der Waals surface area contributed by atoms with E-state index in [1.54, 1.807) is 18.2 Å². The normalized spacial score (nSPS) is 15.9. The smallest absolute Gasteiger partial charge is 0.277 e. The van der Waals surface area contributed by atoms with Crippen LogP contribution in [0.15, 0.2) is 64.2 Å². The third-order valence-electron chi connectivity index (χ3n) is 5.07. The second kappa shape index (κ2) is 9.40. The van der Waals surface area contributed by atoms with Gasteiger partial charge in [0.25, 0.3) is 11.1 Å². The summed E-state index contributed by atoms with van der Waals surface area (Å²) in [5.74, 6) is -0.259. The number of aromatic nitrogens is 2. The lowest BCUT2D eigenvalue weighted by molar-refractivity contribution is -0.132. The summed E-state index contributed by atoms with van der Waals surface area (Å²) in [4.78, 5) is 17.1. The third kappa shape index (κ3) is 4.88. The van der Waals surface area contributed by atoms with Crippen LogP contribution in [0.1, 0.15) is 12.5 Å². The van der Waals surface area contributed by atoms with Gasteiger partial charge in [-0.1, -0.05) is 54.2 Å². The highest BCUT2D eigenvalue weighted by Gasteiger charge is 2.27. The van der Waals surface area contributed by atoms with Crippen LogP contribution in [0.3, 0.4) is 0 Å². The van der Waals surface area contributed by atoms with Gasteiger partial charge in [0, 0.05) is 32.7 Å². The molecule has 0 radical (unpaired) electrons. The quantitative estimate of drug-likeness (QED) is 0.560. The average Bonchev–Trinajstić information content (AvgIpc) is 3.23. The van der Waals surface area contributed by atoms with Crippen molar-refractivity contribution in [2.45, 2.75) is 23.9 Å². The van der Waals surface area contributed by atoms with Gasteiger partial charge in [0.1, 0.15) is 5.82 Å². The van der Waals surface area contributed by atoms with Crippen LogP contribution in [0.2, 0.25) is 0 Å². The standard InChI is InChI=1S/C22H23FN4O2S/c1-16(30-22-25-24-20(29-22)18-9-5-6-10-19(18)23)21(28)27-13-11-26(12-14-27)15-17-7-3-2-4-8-17/h2-10,16H,11-15H2,1H3/t16-/m1/s1. The number of thioether (sulfide) groups is 1. The summed E-state index contributed by atoms with van der Waals surface area (Å²) in [7, 11) is 0. The first-order valence-corrected chi connectivity index (χ1v) is 10.8. The number of carbonyl (C=O) groups excluding carboxylic acids is 1. The van der Waals surface area contributed by atoms with Crippen molar-refractivity contribution >= 4 is 17.7 Å². The van der Waals surface area contributed by atoms with Gasteiger partial charge in [0.05, 0.1) is 10.8 Å². The molecule has 0 spiro atoms. The highest BCUT2D eigenvalue weighted by Crippen LogP contribution is 2.28. The number of amides is 1. The van der Waals surface area contributed by atoms with Crippen LogP contribution in [0.4, 0.5) is 4.39 Å². The van der Waals surface area contributed by atoms with Crippen molar-refractivity contribution in [1.82, 2.24) is 20.0 Å². The molecule has 6 nitrogen and oxygen atoms in total. The Kier molecular flexibility index (Phi) is 6.44. The van der Waals surface area contributed by atoms with Crippen LogP contribution >= 0.6 is 11.8 Å². The highest BCUT2D eigenvalue weighted by atomic mass is 32.2. The summed E-state index contributed by atoms with van der Waals surface area (Å²) >= 11 is 1.20. The van der Waals surface area contributed by atoms with Gasteiger partial charge in [0.15, 0.2) is 0 Å². The van der Waals surface area contributed by atoms with E-state index in [0.717, 1.165) is 19.6 Å². The molecule has 0 bridgehead atoms. The van der Waals surface area contributed by atoms with E-state index in [0.29, 0.717) is 13.1 Å². The van der Waals surface area contributed by atoms with Crippen LogP contribution in [0.25, 0.3) is 11.5 Å². The van der Waals surface area contributed by atoms with E-state index in [2.05, 4.69) is 27.2 Å². The molecule has 2 heterocycles. The monoisotopic (exact) mass is 426 g/mol. The molecule has 1 saturated heterocycles. The Bertz CT molecular complexity index is 990. The number of carbonyl (C=O) groups is 1. The molecule has 1 fully saturated rings. The molecule has 30 heavy (non-hydrogen) atoms. The van der Waals surface area contributed by atoms with Crippen LogP contribution in [-0.2, 0) is 11.3 Å². The molecule has 4 rings (SSSR count). The van der Waals surface area contributed by atoms with Crippen molar-refractivity contribution in [3.63, 3.8) is 0 Å². The molecule has 3 aromatic rings. The molecule has 1 atom stereocenters. The van der Waals surface area contributed by atoms with Gasteiger partial charge in [-0.25, -0.2) is 4.39 Å². The zero-order valence-corrected chi connectivity index (χ0v) is 17.5. The fourth-order valence-electron chi connectivity index (χ4n) is 3.43. The Balaban J connectivity index is 1.30. The largest absolute Gasteiger partial charge is 0.411 e. The first-order chi connectivity index (χ1) is 14.6. The Morgan fingerprint density at radius 1 is 1.07 bits per heavy atom. The predicted octanol–water partition coefficient (Wildman–Crippen LogP) is 3.70. The zero-order valence-electron chi connectivity index (χ0n) is 16.7. The second-order valence-corrected chi connectivity index (χ2v) is 8.49. The minimum Gasteiger partial charge on any atom is -0.411 e. The minimum absolute atomic E-state index is 0.0463. The first-order valence-electron chi connectivity index (χ1n) is 9.90. The summed E-state index contributed by atoms with van der Waals surface area (Å²) in [6.45, 7) is 5.80. The summed E-state index contributed by atoms with van der Waals surface area (Å²) in [6.07, 6.45) is 0. The Morgan fingerprint density at radius 3 is 2.50 bits per heavy atom.